The minimum absolute atomic E-state index is 0.115. The van der Waals surface area contributed by atoms with Gasteiger partial charge < -0.3 is 10.2 Å². The maximum Gasteiger partial charge on any atom is 0.159 e. The second kappa shape index (κ2) is 2.14. The normalized spacial score (nSPS) is 10.8. The Morgan fingerprint density at radius 1 is 1.25 bits per heavy atom. The molecule has 2 aromatic rings. The number of rotatable bonds is 0. The zero-order chi connectivity index (χ0) is 8.72. The van der Waals surface area contributed by atoms with E-state index in [0.29, 0.717) is 5.52 Å². The van der Waals surface area contributed by atoms with Gasteiger partial charge in [-0.05, 0) is 6.07 Å². The number of aromatic hydroxyl groups is 2. The van der Waals surface area contributed by atoms with E-state index in [0.717, 1.165) is 5.39 Å². The highest BCUT2D eigenvalue weighted by Crippen LogP contribution is 2.28. The Labute approximate surface area is 68.7 Å². The Hall–Kier alpha value is -1.71. The lowest BCUT2D eigenvalue weighted by Gasteiger charge is -1.94. The highest BCUT2D eigenvalue weighted by atomic mass is 16.3. The smallest absolute Gasteiger partial charge is 0.159 e. The predicted octanol–water partition coefficient (Wildman–Crippen LogP) is 0.984. The van der Waals surface area contributed by atoms with Gasteiger partial charge >= 0.3 is 0 Å². The summed E-state index contributed by atoms with van der Waals surface area (Å²) in [5.41, 5.74) is 0.674. The van der Waals surface area contributed by atoms with Crippen molar-refractivity contribution < 1.29 is 10.2 Å². The molecule has 0 saturated carbocycles. The maximum absolute atomic E-state index is 9.14. The van der Waals surface area contributed by atoms with Crippen LogP contribution in [-0.2, 0) is 7.05 Å². The SMILES string of the molecule is Cn1cc2cc(O)c(O)cc2n1. The Bertz CT molecular complexity index is 395. The van der Waals surface area contributed by atoms with Crippen LogP contribution < -0.4 is 0 Å². The number of phenols is 2. The molecular weight excluding hydrogens is 156 g/mol. The summed E-state index contributed by atoms with van der Waals surface area (Å²) in [6.45, 7) is 0. The number of hydrogen-bond acceptors (Lipinski definition) is 3. The lowest BCUT2D eigenvalue weighted by Crippen LogP contribution is -1.84. The zero-order valence-electron chi connectivity index (χ0n) is 6.52. The summed E-state index contributed by atoms with van der Waals surface area (Å²) in [5, 5.41) is 23.1. The summed E-state index contributed by atoms with van der Waals surface area (Å²) in [6.07, 6.45) is 1.77. The van der Waals surface area contributed by atoms with E-state index >= 15 is 0 Å². The largest absolute Gasteiger partial charge is 0.504 e. The summed E-state index contributed by atoms with van der Waals surface area (Å²) in [5.74, 6) is -0.253. The highest BCUT2D eigenvalue weighted by Gasteiger charge is 2.04. The molecule has 2 N–H and O–H groups in total. The van der Waals surface area contributed by atoms with Crippen LogP contribution >= 0.6 is 0 Å². The van der Waals surface area contributed by atoms with Crippen LogP contribution in [0.15, 0.2) is 18.3 Å². The fraction of sp³-hybridized carbons (Fsp3) is 0.125. The van der Waals surface area contributed by atoms with Crippen LogP contribution in [0.2, 0.25) is 0 Å². The first-order valence-corrected chi connectivity index (χ1v) is 3.52. The van der Waals surface area contributed by atoms with Crippen molar-refractivity contribution in [2.45, 2.75) is 0 Å². The molecule has 0 aliphatic rings. The van der Waals surface area contributed by atoms with Crippen LogP contribution in [0.3, 0.4) is 0 Å². The van der Waals surface area contributed by atoms with Crippen molar-refractivity contribution in [3.63, 3.8) is 0 Å². The van der Waals surface area contributed by atoms with E-state index in [4.69, 9.17) is 10.2 Å². The van der Waals surface area contributed by atoms with Gasteiger partial charge in [-0.3, -0.25) is 4.68 Å². The Kier molecular flexibility index (Phi) is 1.24. The van der Waals surface area contributed by atoms with E-state index < -0.39 is 0 Å². The number of hydrogen-bond donors (Lipinski definition) is 2. The molecule has 0 spiro atoms. The molecule has 1 heterocycles. The third-order valence-electron chi connectivity index (χ3n) is 1.72. The number of fused-ring (bicyclic) bond motifs is 1. The Balaban J connectivity index is 2.83. The molecule has 0 bridgehead atoms. The van der Waals surface area contributed by atoms with Crippen LogP contribution in [0.25, 0.3) is 10.9 Å². The molecule has 1 aromatic heterocycles. The molecule has 62 valence electrons. The van der Waals surface area contributed by atoms with Gasteiger partial charge in [0.15, 0.2) is 11.5 Å². The molecule has 2 rings (SSSR count). The second-order valence-electron chi connectivity index (χ2n) is 2.70. The first-order valence-electron chi connectivity index (χ1n) is 3.52. The fourth-order valence-corrected chi connectivity index (χ4v) is 1.17. The summed E-state index contributed by atoms with van der Waals surface area (Å²) >= 11 is 0. The standard InChI is InChI=1S/C8H8N2O2/c1-10-4-5-2-7(11)8(12)3-6(5)9-10/h2-4,11-12H,1H3. The van der Waals surface area contributed by atoms with Gasteiger partial charge in [0.2, 0.25) is 0 Å². The second-order valence-corrected chi connectivity index (χ2v) is 2.70. The Morgan fingerprint density at radius 2 is 1.92 bits per heavy atom. The van der Waals surface area contributed by atoms with Crippen molar-refractivity contribution in [1.29, 1.82) is 0 Å². The lowest BCUT2D eigenvalue weighted by atomic mass is 10.2. The van der Waals surface area contributed by atoms with Crippen LogP contribution in [0, 0.1) is 0 Å². The number of phenolic OH excluding ortho intramolecular Hbond substituents is 2. The summed E-state index contributed by atoms with van der Waals surface area (Å²) in [4.78, 5) is 0. The molecule has 0 amide bonds. The number of aryl methyl sites for hydroxylation is 1. The van der Waals surface area contributed by atoms with E-state index in [1.165, 1.54) is 12.1 Å². The van der Waals surface area contributed by atoms with E-state index in [-0.39, 0.29) is 11.5 Å². The van der Waals surface area contributed by atoms with E-state index in [9.17, 15) is 0 Å². The van der Waals surface area contributed by atoms with Gasteiger partial charge in [-0.1, -0.05) is 0 Å². The minimum atomic E-state index is -0.138. The highest BCUT2D eigenvalue weighted by molar-refractivity contribution is 5.81. The lowest BCUT2D eigenvalue weighted by molar-refractivity contribution is 0.405. The molecule has 0 saturated heterocycles. The number of nitrogens with zero attached hydrogens (tertiary/aromatic N) is 2. The van der Waals surface area contributed by atoms with Crippen molar-refractivity contribution in [2.24, 2.45) is 7.05 Å². The van der Waals surface area contributed by atoms with Crippen molar-refractivity contribution in [2.75, 3.05) is 0 Å². The summed E-state index contributed by atoms with van der Waals surface area (Å²) in [6, 6.07) is 2.92. The van der Waals surface area contributed by atoms with Gasteiger partial charge in [-0.25, -0.2) is 0 Å². The van der Waals surface area contributed by atoms with Gasteiger partial charge in [0.1, 0.15) is 0 Å². The molecule has 0 aliphatic carbocycles. The van der Waals surface area contributed by atoms with Gasteiger partial charge in [0, 0.05) is 24.7 Å². The number of aromatic nitrogens is 2. The summed E-state index contributed by atoms with van der Waals surface area (Å²) in [7, 11) is 1.79. The van der Waals surface area contributed by atoms with E-state index in [1.54, 1.807) is 17.9 Å². The topological polar surface area (TPSA) is 58.3 Å². The molecule has 12 heavy (non-hydrogen) atoms. The quantitative estimate of drug-likeness (QED) is 0.571. The fourth-order valence-electron chi connectivity index (χ4n) is 1.17. The maximum atomic E-state index is 9.14. The molecule has 0 aliphatic heterocycles. The molecule has 1 aromatic carbocycles. The Morgan fingerprint density at radius 3 is 2.67 bits per heavy atom. The van der Waals surface area contributed by atoms with Crippen molar-refractivity contribution >= 4 is 10.9 Å². The average Bonchev–Trinajstić information content (AvgIpc) is 2.30. The molecule has 0 atom stereocenters. The number of benzene rings is 1. The van der Waals surface area contributed by atoms with Crippen molar-refractivity contribution in [3.05, 3.63) is 18.3 Å². The van der Waals surface area contributed by atoms with Gasteiger partial charge in [-0.2, -0.15) is 5.10 Å². The third kappa shape index (κ3) is 0.887. The van der Waals surface area contributed by atoms with Gasteiger partial charge in [-0.15, -0.1) is 0 Å². The van der Waals surface area contributed by atoms with Crippen LogP contribution in [0.4, 0.5) is 0 Å². The molecule has 4 nitrogen and oxygen atoms in total. The molecule has 4 heteroatoms. The molecule has 0 fully saturated rings. The van der Waals surface area contributed by atoms with Gasteiger partial charge in [0.25, 0.3) is 0 Å². The molecule has 0 unspecified atom stereocenters. The van der Waals surface area contributed by atoms with E-state index in [1.807, 2.05) is 0 Å². The monoisotopic (exact) mass is 164 g/mol. The first kappa shape index (κ1) is 6.97. The summed E-state index contributed by atoms with van der Waals surface area (Å²) < 4.78 is 1.63. The minimum Gasteiger partial charge on any atom is -0.504 e. The third-order valence-corrected chi connectivity index (χ3v) is 1.72. The van der Waals surface area contributed by atoms with Crippen molar-refractivity contribution in [1.82, 2.24) is 9.78 Å². The molecular formula is C8H8N2O2. The van der Waals surface area contributed by atoms with Crippen LogP contribution in [0.5, 0.6) is 11.5 Å². The zero-order valence-corrected chi connectivity index (χ0v) is 6.52. The predicted molar refractivity (Wildman–Crippen MR) is 44.0 cm³/mol. The van der Waals surface area contributed by atoms with Gasteiger partial charge in [0.05, 0.1) is 5.52 Å². The average molecular weight is 164 g/mol. The first-order chi connectivity index (χ1) is 5.66. The van der Waals surface area contributed by atoms with Crippen LogP contribution in [-0.4, -0.2) is 20.0 Å². The van der Waals surface area contributed by atoms with Crippen molar-refractivity contribution in [3.8, 4) is 11.5 Å². The van der Waals surface area contributed by atoms with E-state index in [2.05, 4.69) is 5.10 Å². The van der Waals surface area contributed by atoms with Crippen LogP contribution in [0.1, 0.15) is 0 Å². The molecule has 0 radical (unpaired) electrons.